The number of nitrogens with zero attached hydrogens (tertiary/aromatic N) is 6. The molecular formula is C93H132N12O36. The minimum absolute atomic E-state index is 0.000634. The minimum Gasteiger partial charge on any atom is -0.405 e. The van der Waals surface area contributed by atoms with Gasteiger partial charge in [-0.2, -0.15) is 15.0 Å². The smallest absolute Gasteiger partial charge is 0.382 e. The molecule has 28 rings (SSSR count). The first-order valence-corrected chi connectivity index (χ1v) is 46.2. The molecule has 3 aromatic carbocycles. The molecule has 0 unspecified atom stereocenters. The molecule has 141 heavy (non-hydrogen) atoms. The Morgan fingerprint density at radius 3 is 0.681 bits per heavy atom. The number of benzene rings is 3. The summed E-state index contributed by atoms with van der Waals surface area (Å²) in [4.78, 5) is 112. The third-order valence-electron chi connectivity index (χ3n) is 25.0. The van der Waals surface area contributed by atoms with Gasteiger partial charge < -0.3 is 174 Å². The summed E-state index contributed by atoms with van der Waals surface area (Å²) in [7, 11) is 21.4. The van der Waals surface area contributed by atoms with Gasteiger partial charge in [0.05, 0.1) is 38.4 Å². The Labute approximate surface area is 814 Å². The van der Waals surface area contributed by atoms with E-state index in [1.54, 1.807) is 0 Å². The molecule has 0 radical (unpaired) electrons. The fourth-order valence-electron chi connectivity index (χ4n) is 18.1. The number of hydrogen-bond acceptors (Lipinski definition) is 42. The molecule has 0 spiro atoms. The van der Waals surface area contributed by atoms with Crippen LogP contribution in [0.3, 0.4) is 0 Å². The van der Waals surface area contributed by atoms with Crippen LogP contribution in [-0.2, 0) is 162 Å². The number of anilines is 3. The fourth-order valence-corrected chi connectivity index (χ4v) is 18.1. The summed E-state index contributed by atoms with van der Waals surface area (Å²) in [5.41, 5.74) is 0.400. The molecule has 48 heteroatoms. The molecule has 780 valence electrons. The number of rotatable bonds is 45. The number of ether oxygens (including phenoxy) is 27. The third kappa shape index (κ3) is 27.8. The largest absolute Gasteiger partial charge is 0.405 e. The second kappa shape index (κ2) is 54.4. The zero-order chi connectivity index (χ0) is 100. The first kappa shape index (κ1) is 109. The van der Waals surface area contributed by atoms with Gasteiger partial charge in [-0.3, -0.25) is 14.4 Å². The van der Waals surface area contributed by atoms with Crippen LogP contribution >= 0.6 is 0 Å². The molecule has 3 amide bonds. The van der Waals surface area contributed by atoms with E-state index in [-0.39, 0.29) is 116 Å². The molecule has 22 fully saturated rings. The van der Waals surface area contributed by atoms with Crippen LogP contribution in [0.5, 0.6) is 0 Å². The van der Waals surface area contributed by atoms with Crippen LogP contribution in [0.2, 0.25) is 0 Å². The summed E-state index contributed by atoms with van der Waals surface area (Å²) in [5, 5.41) is 18.1. The second-order valence-electron chi connectivity index (χ2n) is 33.6. The molecule has 0 aliphatic carbocycles. The molecule has 12 bridgehead atoms. The molecular weight excluding hydrogens is 1860 g/mol. The van der Waals surface area contributed by atoms with Crippen molar-refractivity contribution in [2.24, 2.45) is 0 Å². The van der Waals surface area contributed by atoms with Gasteiger partial charge in [-0.25, -0.2) is 14.4 Å². The zero-order valence-electron chi connectivity index (χ0n) is 81.4. The van der Waals surface area contributed by atoms with Gasteiger partial charge in [0.2, 0.25) is 17.7 Å². The zero-order valence-corrected chi connectivity index (χ0v) is 81.4. The molecule has 3 aromatic heterocycles. The van der Waals surface area contributed by atoms with E-state index in [1.807, 2.05) is 91.0 Å². The third-order valence-corrected chi connectivity index (χ3v) is 25.0. The van der Waals surface area contributed by atoms with E-state index < -0.39 is 219 Å². The summed E-state index contributed by atoms with van der Waals surface area (Å²) in [6.07, 6.45) is -34.4. The van der Waals surface area contributed by atoms with E-state index in [2.05, 4.69) is 46.9 Å². The second-order valence-corrected chi connectivity index (χ2v) is 33.6. The van der Waals surface area contributed by atoms with Crippen LogP contribution in [0.1, 0.15) is 36.0 Å². The Bertz CT molecular complexity index is 4480. The highest BCUT2D eigenvalue weighted by molar-refractivity contribution is 5.77. The van der Waals surface area contributed by atoms with E-state index in [4.69, 9.17) is 142 Å². The highest BCUT2D eigenvalue weighted by atomic mass is 16.8. The Morgan fingerprint density at radius 2 is 0.482 bits per heavy atom. The van der Waals surface area contributed by atoms with Crippen molar-refractivity contribution < 1.29 is 157 Å². The van der Waals surface area contributed by atoms with Gasteiger partial charge in [0, 0.05) is 183 Å². The predicted octanol–water partition coefficient (Wildman–Crippen LogP) is -0.809. The van der Waals surface area contributed by atoms with Crippen molar-refractivity contribution in [1.29, 1.82) is 0 Å². The molecule has 6 aromatic rings. The van der Waals surface area contributed by atoms with E-state index in [0.29, 0.717) is 0 Å². The summed E-state index contributed by atoms with van der Waals surface area (Å²) in [6, 6.07) is 32.5. The van der Waals surface area contributed by atoms with Crippen molar-refractivity contribution >= 4 is 35.2 Å². The van der Waals surface area contributed by atoms with Crippen molar-refractivity contribution in [2.75, 3.05) is 182 Å². The lowest BCUT2D eigenvalue weighted by Gasteiger charge is -2.53. The van der Waals surface area contributed by atoms with Crippen LogP contribution in [0.4, 0.5) is 17.5 Å². The molecule has 22 aliphatic heterocycles. The number of methoxy groups -OCH3 is 15. The van der Waals surface area contributed by atoms with Crippen molar-refractivity contribution in [3.63, 3.8) is 0 Å². The van der Waals surface area contributed by atoms with Crippen molar-refractivity contribution in [3.05, 3.63) is 176 Å². The predicted molar refractivity (Wildman–Crippen MR) is 490 cm³/mol. The van der Waals surface area contributed by atoms with Gasteiger partial charge in [0.25, 0.3) is 0 Å². The van der Waals surface area contributed by atoms with Crippen LogP contribution in [0.25, 0.3) is 0 Å². The van der Waals surface area contributed by atoms with Crippen LogP contribution < -0.4 is 63.5 Å². The van der Waals surface area contributed by atoms with Crippen LogP contribution in [0, 0.1) is 0 Å². The number of carbonyl (C=O) groups excluding carboxylic acids is 3. The number of carbonyl (C=O) groups is 3. The normalized spacial score (nSPS) is 31.8. The average molecular weight is 1990 g/mol. The number of aromatic nitrogens is 6. The maximum absolute atomic E-state index is 14.4. The molecule has 48 nitrogen and oxygen atoms in total. The van der Waals surface area contributed by atoms with Crippen LogP contribution in [0.15, 0.2) is 142 Å². The quantitative estimate of drug-likeness (QED) is 0.0272. The lowest BCUT2D eigenvalue weighted by atomic mass is 9.94. The maximum Gasteiger partial charge on any atom is 0.382 e. The van der Waals surface area contributed by atoms with E-state index in [1.165, 1.54) is 143 Å². The summed E-state index contributed by atoms with van der Waals surface area (Å²) in [6.45, 7) is -1.22. The van der Waals surface area contributed by atoms with E-state index in [9.17, 15) is 28.8 Å². The summed E-state index contributed by atoms with van der Waals surface area (Å²) in [5.74, 6) is -0.962. The van der Waals surface area contributed by atoms with Crippen molar-refractivity contribution in [2.45, 2.75) is 223 Å². The first-order chi connectivity index (χ1) is 68.7. The lowest BCUT2D eigenvalue weighted by Crippen LogP contribution is -2.70. The number of hydrogen-bond donors (Lipinski definition) is 6. The van der Waals surface area contributed by atoms with Gasteiger partial charge >= 0.3 is 17.1 Å². The summed E-state index contributed by atoms with van der Waals surface area (Å²) < 4.78 is 183. The molecule has 25 heterocycles. The fraction of sp³-hybridized carbons (Fsp3) is 0.645. The SMILES string of the molecule is COC[C@H]1O[C@@H]2O[C@H]3[C@H](OC)[C@@H](OC)[C@@H](O[C@H]4[C@H](OC)[C@@H](OC)[C@@H](O[C@H]5[C@H](OC)[C@@H](OC)[C@@H](O[C@H]6[C@H](OC)[C@@H](OC)[C@@H](O[C@H]7[C@H](OC)[C@@H](OC)[C@@H](O[C@H]1[C@H](OC)[C@H]2OC)O[C@@H]7CNC(=O)CCNc1ccn(OCc2ccccc2)c(=O)n1)O[C@@H]6COC)O[C@@H]5CNC(=O)CCNc1ccn(OCc2ccccc2)c(=O)n1)O[C@@H]4COC)O[C@@H]3CNC(=O)CCNc1ccn(OCc2ccccc2)c(=O)n1. The Morgan fingerprint density at radius 1 is 0.277 bits per heavy atom. The van der Waals surface area contributed by atoms with Gasteiger partial charge in [0.1, 0.15) is 184 Å². The van der Waals surface area contributed by atoms with Crippen LogP contribution in [-0.4, -0.2) is 397 Å². The molecule has 22 saturated heterocycles. The van der Waals surface area contributed by atoms with Gasteiger partial charge in [0.15, 0.2) is 37.7 Å². The summed E-state index contributed by atoms with van der Waals surface area (Å²) >= 11 is 0. The topological polar surface area (TPSA) is 505 Å². The van der Waals surface area contributed by atoms with Gasteiger partial charge in [-0.05, 0) is 16.7 Å². The molecule has 22 aliphatic rings. The van der Waals surface area contributed by atoms with Gasteiger partial charge in [-0.15, -0.1) is 14.2 Å². The van der Waals surface area contributed by atoms with E-state index >= 15 is 0 Å². The minimum atomic E-state index is -1.48. The monoisotopic (exact) mass is 1990 g/mol. The number of nitrogens with one attached hydrogen (secondary N) is 6. The average Bonchev–Trinajstić information content (AvgIpc) is 0.752. The Hall–Kier alpha value is -9.57. The maximum atomic E-state index is 14.4. The standard InChI is InChI=1S/C93H132N12O36/c1-112-49-58-70-76(118-7)82(124-13)88(133-58)136-67-55(43-97-64(106)31-37-94-61-34-40-103(91(109)100-61)127-46-52-25-19-16-20-26-52)131-86(80(122-11)73(67)115-4)140-71-59(50-113-2)135-90(84(126-15)77(71)119-8)138-69-57(45-99-66(108)33-39-96-63-36-42-105(93(111)102-63)129-48-54-29-23-18-24-30-54)132-87(81(123-12)75(69)117-6)141-72-60(51-114-3)134-89(83(125-14)78(72)120-9)137-68-56(130-85(139-70)79(121-10)74(68)116-5)44-98-65(107)32-38-95-62-35-41-104(92(110)101-62)128-47-53-27-21-17-22-28-53/h16-30,34-36,40-42,55-60,67-90H,31-33,37-39,43-51H2,1-15H3,(H,97,106)(H,98,107)(H,99,108)(H,94,100,109)(H,95,101,110)(H,96,102,111)/t55-,56-,57-,58-,59-,60-,67-,68-,69-,70-,71-,72-,73+,74+,75+,76+,77+,78+,79-,80-,81-,82-,83-,84-,85-,86-,87-,88-,89-,90-/m1/s1. The Balaban J connectivity index is 0.838. The highest BCUT2D eigenvalue weighted by Crippen LogP contribution is 2.43. The molecule has 30 atom stereocenters. The first-order valence-electron chi connectivity index (χ1n) is 46.2. The number of amides is 3. The van der Waals surface area contributed by atoms with Gasteiger partial charge in [-0.1, -0.05) is 91.0 Å². The highest BCUT2D eigenvalue weighted by Gasteiger charge is 2.62. The van der Waals surface area contributed by atoms with Crippen molar-refractivity contribution in [3.8, 4) is 0 Å². The van der Waals surface area contributed by atoms with Crippen molar-refractivity contribution in [1.82, 2.24) is 45.1 Å². The Kier molecular flexibility index (Phi) is 41.9. The molecule has 6 N–H and O–H groups in total. The van der Waals surface area contributed by atoms with E-state index in [0.717, 1.165) is 30.9 Å². The lowest BCUT2D eigenvalue weighted by molar-refractivity contribution is -0.407. The molecule has 0 saturated carbocycles.